The number of rotatable bonds is 4. The number of carbonyl (C=O) groups excluding carboxylic acids is 2. The smallest absolute Gasteiger partial charge is 0.316 e. The Labute approximate surface area is 143 Å². The molecule has 25 heavy (non-hydrogen) atoms. The summed E-state index contributed by atoms with van der Waals surface area (Å²) in [7, 11) is 1.85. The average molecular weight is 336 g/mol. The van der Waals surface area contributed by atoms with Crippen LogP contribution in [0.25, 0.3) is 11.4 Å². The molecule has 0 fully saturated rings. The normalized spacial score (nSPS) is 10.3. The maximum Gasteiger partial charge on any atom is 0.316 e. The fourth-order valence-electron chi connectivity index (χ4n) is 2.36. The van der Waals surface area contributed by atoms with E-state index >= 15 is 0 Å². The minimum Gasteiger partial charge on any atom is -0.351 e. The zero-order chi connectivity index (χ0) is 17.8. The molecular formula is C17H16N6O2. The molecule has 2 aromatic carbocycles. The minimum absolute atomic E-state index is 0.303. The first-order valence-corrected chi connectivity index (χ1v) is 7.45. The Morgan fingerprint density at radius 3 is 2.44 bits per heavy atom. The number of aryl methyl sites for hydroxylation is 1. The second-order valence-corrected chi connectivity index (χ2v) is 5.37. The lowest BCUT2D eigenvalue weighted by molar-refractivity contribution is 0.102. The van der Waals surface area contributed by atoms with Crippen LogP contribution in [-0.2, 0) is 7.05 Å². The van der Waals surface area contributed by atoms with Gasteiger partial charge in [-0.1, -0.05) is 18.2 Å². The van der Waals surface area contributed by atoms with E-state index in [0.717, 1.165) is 5.56 Å². The summed E-state index contributed by atoms with van der Waals surface area (Å²) in [6.07, 6.45) is 1.61. The fraction of sp³-hybridized carbons (Fsp3) is 0.0588. The Bertz CT molecular complexity index is 934. The number of hydrogen-bond donors (Lipinski definition) is 3. The Kier molecular flexibility index (Phi) is 4.42. The topological polar surface area (TPSA) is 115 Å². The highest BCUT2D eigenvalue weighted by molar-refractivity contribution is 6.05. The van der Waals surface area contributed by atoms with Crippen molar-refractivity contribution in [2.45, 2.75) is 0 Å². The number of aromatic nitrogens is 3. The van der Waals surface area contributed by atoms with Crippen molar-refractivity contribution in [1.82, 2.24) is 14.8 Å². The van der Waals surface area contributed by atoms with Crippen molar-refractivity contribution in [1.29, 1.82) is 0 Å². The maximum absolute atomic E-state index is 12.4. The van der Waals surface area contributed by atoms with E-state index in [1.165, 1.54) is 0 Å². The van der Waals surface area contributed by atoms with Gasteiger partial charge in [0, 0.05) is 29.5 Å². The van der Waals surface area contributed by atoms with Crippen LogP contribution in [-0.4, -0.2) is 26.7 Å². The van der Waals surface area contributed by atoms with Gasteiger partial charge in [0.05, 0.1) is 0 Å². The molecule has 0 saturated carbocycles. The first-order chi connectivity index (χ1) is 12.0. The van der Waals surface area contributed by atoms with Crippen molar-refractivity contribution in [2.75, 3.05) is 10.6 Å². The number of hydrogen-bond acceptors (Lipinski definition) is 4. The molecule has 0 aliphatic carbocycles. The molecule has 1 aromatic heterocycles. The third-order valence-electron chi connectivity index (χ3n) is 3.48. The Morgan fingerprint density at radius 2 is 1.76 bits per heavy atom. The van der Waals surface area contributed by atoms with E-state index in [2.05, 4.69) is 20.8 Å². The van der Waals surface area contributed by atoms with E-state index in [9.17, 15) is 9.59 Å². The summed E-state index contributed by atoms with van der Waals surface area (Å²) in [5.41, 5.74) is 7.40. The highest BCUT2D eigenvalue weighted by Gasteiger charge is 2.10. The molecule has 1 heterocycles. The molecule has 126 valence electrons. The SMILES string of the molecule is Cn1cnnc1-c1cccc(NC(=O)c2cccc(NC(N)=O)c2)c1. The van der Waals surface area contributed by atoms with Crippen LogP contribution in [0, 0.1) is 0 Å². The number of anilines is 2. The third kappa shape index (κ3) is 3.81. The van der Waals surface area contributed by atoms with Gasteiger partial charge in [0.25, 0.3) is 5.91 Å². The van der Waals surface area contributed by atoms with Crippen molar-refractivity contribution in [3.8, 4) is 11.4 Å². The van der Waals surface area contributed by atoms with Crippen molar-refractivity contribution in [2.24, 2.45) is 12.8 Å². The predicted molar refractivity (Wildman–Crippen MR) is 94.0 cm³/mol. The van der Waals surface area contributed by atoms with Crippen LogP contribution < -0.4 is 16.4 Å². The molecule has 0 aliphatic heterocycles. The molecule has 8 nitrogen and oxygen atoms in total. The lowest BCUT2D eigenvalue weighted by Crippen LogP contribution is -2.19. The van der Waals surface area contributed by atoms with Crippen LogP contribution >= 0.6 is 0 Å². The maximum atomic E-state index is 12.4. The summed E-state index contributed by atoms with van der Waals surface area (Å²) >= 11 is 0. The molecule has 0 atom stereocenters. The number of carbonyl (C=O) groups is 2. The average Bonchev–Trinajstić information content (AvgIpc) is 3.01. The van der Waals surface area contributed by atoms with Gasteiger partial charge in [-0.15, -0.1) is 10.2 Å². The lowest BCUT2D eigenvalue weighted by atomic mass is 10.1. The molecule has 3 amide bonds. The van der Waals surface area contributed by atoms with E-state index < -0.39 is 6.03 Å². The van der Waals surface area contributed by atoms with Gasteiger partial charge in [-0.2, -0.15) is 0 Å². The van der Waals surface area contributed by atoms with Crippen molar-refractivity contribution >= 4 is 23.3 Å². The standard InChI is InChI=1S/C17H16N6O2/c1-23-10-19-22-15(23)11-4-2-6-13(8-11)20-16(24)12-5-3-7-14(9-12)21-17(18)25/h2-10H,1H3,(H,20,24)(H3,18,21,25). The quantitative estimate of drug-likeness (QED) is 0.677. The highest BCUT2D eigenvalue weighted by atomic mass is 16.2. The van der Waals surface area contributed by atoms with Gasteiger partial charge >= 0.3 is 6.03 Å². The summed E-state index contributed by atoms with van der Waals surface area (Å²) in [5.74, 6) is 0.395. The van der Waals surface area contributed by atoms with Gasteiger partial charge in [-0.05, 0) is 30.3 Å². The Hall–Kier alpha value is -3.68. The molecular weight excluding hydrogens is 320 g/mol. The number of nitrogens with two attached hydrogens (primary N) is 1. The summed E-state index contributed by atoms with van der Waals surface area (Å²) in [6, 6.07) is 13.1. The number of urea groups is 1. The van der Waals surface area contributed by atoms with Gasteiger partial charge in [0.1, 0.15) is 6.33 Å². The van der Waals surface area contributed by atoms with Crippen molar-refractivity contribution in [3.63, 3.8) is 0 Å². The predicted octanol–water partition coefficient (Wildman–Crippen LogP) is 2.22. The van der Waals surface area contributed by atoms with Crippen LogP contribution in [0.3, 0.4) is 0 Å². The first kappa shape index (κ1) is 16.2. The van der Waals surface area contributed by atoms with E-state index in [0.29, 0.717) is 22.8 Å². The monoisotopic (exact) mass is 336 g/mol. The summed E-state index contributed by atoms with van der Waals surface area (Å²) in [6.45, 7) is 0. The lowest BCUT2D eigenvalue weighted by Gasteiger charge is -2.09. The summed E-state index contributed by atoms with van der Waals surface area (Å²) < 4.78 is 1.79. The molecule has 0 aliphatic rings. The number of nitrogens with zero attached hydrogens (tertiary/aromatic N) is 3. The zero-order valence-corrected chi connectivity index (χ0v) is 13.4. The van der Waals surface area contributed by atoms with Gasteiger partial charge in [0.15, 0.2) is 5.82 Å². The first-order valence-electron chi connectivity index (χ1n) is 7.45. The van der Waals surface area contributed by atoms with E-state index in [1.807, 2.05) is 25.2 Å². The second-order valence-electron chi connectivity index (χ2n) is 5.37. The van der Waals surface area contributed by atoms with Crippen molar-refractivity contribution < 1.29 is 9.59 Å². The third-order valence-corrected chi connectivity index (χ3v) is 3.48. The molecule has 0 unspecified atom stereocenters. The van der Waals surface area contributed by atoms with E-state index in [-0.39, 0.29) is 5.91 Å². The molecule has 8 heteroatoms. The molecule has 3 aromatic rings. The molecule has 0 radical (unpaired) electrons. The number of amides is 3. The molecule has 4 N–H and O–H groups in total. The Morgan fingerprint density at radius 1 is 1.04 bits per heavy atom. The van der Waals surface area contributed by atoms with Crippen LogP contribution in [0.5, 0.6) is 0 Å². The number of nitrogens with one attached hydrogen (secondary N) is 2. The van der Waals surface area contributed by atoms with Gasteiger partial charge in [-0.3, -0.25) is 4.79 Å². The van der Waals surface area contributed by atoms with Gasteiger partial charge in [-0.25, -0.2) is 4.79 Å². The molecule has 0 spiro atoms. The van der Waals surface area contributed by atoms with Crippen LogP contribution in [0.4, 0.5) is 16.2 Å². The highest BCUT2D eigenvalue weighted by Crippen LogP contribution is 2.21. The van der Waals surface area contributed by atoms with Crippen LogP contribution in [0.15, 0.2) is 54.9 Å². The summed E-state index contributed by atoms with van der Waals surface area (Å²) in [4.78, 5) is 23.3. The van der Waals surface area contributed by atoms with Crippen molar-refractivity contribution in [3.05, 3.63) is 60.4 Å². The summed E-state index contributed by atoms with van der Waals surface area (Å²) in [5, 5.41) is 13.2. The molecule has 0 saturated heterocycles. The van der Waals surface area contributed by atoms with Gasteiger partial charge in [0.2, 0.25) is 0 Å². The molecule has 0 bridgehead atoms. The zero-order valence-electron chi connectivity index (χ0n) is 13.4. The number of benzene rings is 2. The van der Waals surface area contributed by atoms with Gasteiger partial charge < -0.3 is 20.9 Å². The van der Waals surface area contributed by atoms with Crippen LogP contribution in [0.1, 0.15) is 10.4 Å². The fourth-order valence-corrected chi connectivity index (χ4v) is 2.36. The molecule has 3 rings (SSSR count). The van der Waals surface area contributed by atoms with Crippen LogP contribution in [0.2, 0.25) is 0 Å². The number of primary amides is 1. The van der Waals surface area contributed by atoms with E-state index in [1.54, 1.807) is 41.2 Å². The minimum atomic E-state index is -0.686. The largest absolute Gasteiger partial charge is 0.351 e. The van der Waals surface area contributed by atoms with E-state index in [4.69, 9.17) is 5.73 Å². The Balaban J connectivity index is 1.80. The second kappa shape index (κ2) is 6.83.